The Morgan fingerprint density at radius 3 is 2.50 bits per heavy atom. The summed E-state index contributed by atoms with van der Waals surface area (Å²) < 4.78 is 2.19. The molecule has 0 aliphatic carbocycles. The van der Waals surface area contributed by atoms with Crippen molar-refractivity contribution in [1.82, 2.24) is 9.47 Å². The number of carbonyl (C=O) groups is 1. The highest BCUT2D eigenvalue weighted by Crippen LogP contribution is 2.35. The van der Waals surface area contributed by atoms with Crippen molar-refractivity contribution in [2.75, 3.05) is 0 Å². The third-order valence-corrected chi connectivity index (χ3v) is 4.25. The zero-order chi connectivity index (χ0) is 14.9. The average Bonchev–Trinajstić information content (AvgIpc) is 3.00. The number of benzene rings is 2. The molecule has 1 aromatic heterocycles. The van der Waals surface area contributed by atoms with Gasteiger partial charge in [0.2, 0.25) is 6.41 Å². The molecule has 22 heavy (non-hydrogen) atoms. The van der Waals surface area contributed by atoms with Crippen molar-refractivity contribution in [1.29, 1.82) is 0 Å². The van der Waals surface area contributed by atoms with Gasteiger partial charge in [0, 0.05) is 18.4 Å². The van der Waals surface area contributed by atoms with Crippen LogP contribution in [0.2, 0.25) is 0 Å². The van der Waals surface area contributed by atoms with E-state index in [1.807, 2.05) is 41.3 Å². The van der Waals surface area contributed by atoms with E-state index in [1.165, 1.54) is 0 Å². The van der Waals surface area contributed by atoms with E-state index in [0.717, 1.165) is 28.9 Å². The second kappa shape index (κ2) is 5.19. The molecular formula is C19H16N2O. The van der Waals surface area contributed by atoms with Crippen LogP contribution in [0.3, 0.4) is 0 Å². The Balaban J connectivity index is 1.96. The van der Waals surface area contributed by atoms with Gasteiger partial charge in [-0.3, -0.25) is 4.79 Å². The van der Waals surface area contributed by atoms with E-state index < -0.39 is 0 Å². The smallest absolute Gasteiger partial charge is 0.210 e. The Kier molecular flexibility index (Phi) is 3.04. The first-order valence-corrected chi connectivity index (χ1v) is 7.40. The van der Waals surface area contributed by atoms with Gasteiger partial charge in [0.15, 0.2) is 0 Å². The van der Waals surface area contributed by atoms with Crippen LogP contribution in [0.5, 0.6) is 0 Å². The fourth-order valence-electron chi connectivity index (χ4n) is 3.27. The van der Waals surface area contributed by atoms with Gasteiger partial charge >= 0.3 is 0 Å². The van der Waals surface area contributed by atoms with Gasteiger partial charge in [-0.05, 0) is 29.3 Å². The number of hydrogen-bond acceptors (Lipinski definition) is 1. The van der Waals surface area contributed by atoms with Crippen LogP contribution < -0.4 is 0 Å². The minimum absolute atomic E-state index is 0.0684. The summed E-state index contributed by atoms with van der Waals surface area (Å²) in [6.07, 6.45) is 3.02. The summed E-state index contributed by atoms with van der Waals surface area (Å²) in [6, 6.07) is 22.5. The molecule has 3 nitrogen and oxygen atoms in total. The zero-order valence-corrected chi connectivity index (χ0v) is 12.1. The van der Waals surface area contributed by atoms with Gasteiger partial charge in [-0.15, -0.1) is 0 Å². The normalized spacial score (nSPS) is 16.5. The maximum Gasteiger partial charge on any atom is 0.210 e. The summed E-state index contributed by atoms with van der Waals surface area (Å²) in [4.78, 5) is 13.6. The third-order valence-electron chi connectivity index (χ3n) is 4.25. The number of nitrogens with zero attached hydrogens (tertiary/aromatic N) is 2. The molecule has 1 amide bonds. The molecular weight excluding hydrogens is 272 g/mol. The number of rotatable bonds is 2. The van der Waals surface area contributed by atoms with Crippen LogP contribution in [0, 0.1) is 0 Å². The van der Waals surface area contributed by atoms with Gasteiger partial charge in [-0.1, -0.05) is 48.5 Å². The second-order valence-corrected chi connectivity index (χ2v) is 5.52. The lowest BCUT2D eigenvalue weighted by Gasteiger charge is -2.27. The predicted octanol–water partition coefficient (Wildman–Crippen LogP) is 3.54. The summed E-state index contributed by atoms with van der Waals surface area (Å²) in [7, 11) is 0. The molecule has 2 heterocycles. The van der Waals surface area contributed by atoms with E-state index in [2.05, 4.69) is 41.1 Å². The van der Waals surface area contributed by atoms with Crippen LogP contribution >= 0.6 is 0 Å². The molecule has 1 unspecified atom stereocenters. The van der Waals surface area contributed by atoms with Crippen LogP contribution in [-0.4, -0.2) is 15.9 Å². The Labute approximate surface area is 129 Å². The third kappa shape index (κ3) is 1.94. The molecule has 0 radical (unpaired) electrons. The van der Waals surface area contributed by atoms with E-state index in [9.17, 15) is 4.79 Å². The lowest BCUT2D eigenvalue weighted by Crippen LogP contribution is -2.27. The Morgan fingerprint density at radius 1 is 0.909 bits per heavy atom. The zero-order valence-electron chi connectivity index (χ0n) is 12.1. The van der Waals surface area contributed by atoms with Crippen LogP contribution in [0.4, 0.5) is 0 Å². The largest absolute Gasteiger partial charge is 0.328 e. The van der Waals surface area contributed by atoms with Gasteiger partial charge in [0.1, 0.15) is 0 Å². The summed E-state index contributed by atoms with van der Waals surface area (Å²) in [5.41, 5.74) is 4.55. The molecule has 4 rings (SSSR count). The van der Waals surface area contributed by atoms with Gasteiger partial charge in [0.25, 0.3) is 0 Å². The Hall–Kier alpha value is -2.81. The molecule has 0 spiro atoms. The molecule has 1 aliphatic heterocycles. The molecule has 3 aromatic rings. The van der Waals surface area contributed by atoms with E-state index in [1.54, 1.807) is 0 Å². The van der Waals surface area contributed by atoms with E-state index in [-0.39, 0.29) is 6.04 Å². The first kappa shape index (κ1) is 12.9. The Morgan fingerprint density at radius 2 is 1.68 bits per heavy atom. The summed E-state index contributed by atoms with van der Waals surface area (Å²) in [5, 5.41) is 0. The predicted molar refractivity (Wildman–Crippen MR) is 85.7 cm³/mol. The SMILES string of the molecule is O=CN1Cc2ccccc2-n2cccc2C1c1ccccc1. The van der Waals surface area contributed by atoms with E-state index in [4.69, 9.17) is 0 Å². The maximum atomic E-state index is 11.8. The molecule has 108 valence electrons. The fourth-order valence-corrected chi connectivity index (χ4v) is 3.27. The maximum absolute atomic E-state index is 11.8. The fraction of sp³-hybridized carbons (Fsp3) is 0.105. The second-order valence-electron chi connectivity index (χ2n) is 5.52. The van der Waals surface area contributed by atoms with Gasteiger partial charge in [-0.2, -0.15) is 0 Å². The lowest BCUT2D eigenvalue weighted by atomic mass is 10.0. The number of hydrogen-bond donors (Lipinski definition) is 0. The van der Waals surface area contributed by atoms with Gasteiger partial charge in [-0.25, -0.2) is 0 Å². The average molecular weight is 288 g/mol. The minimum Gasteiger partial charge on any atom is -0.328 e. The van der Waals surface area contributed by atoms with Crippen LogP contribution in [0.25, 0.3) is 5.69 Å². The van der Waals surface area contributed by atoms with Crippen molar-refractivity contribution in [3.63, 3.8) is 0 Å². The number of fused-ring (bicyclic) bond motifs is 3. The molecule has 0 bridgehead atoms. The minimum atomic E-state index is -0.0684. The molecule has 0 saturated heterocycles. The number of amides is 1. The molecule has 3 heteroatoms. The molecule has 1 atom stereocenters. The first-order chi connectivity index (χ1) is 10.9. The molecule has 0 saturated carbocycles. The molecule has 0 N–H and O–H groups in total. The van der Waals surface area contributed by atoms with Crippen molar-refractivity contribution >= 4 is 6.41 Å². The lowest BCUT2D eigenvalue weighted by molar-refractivity contribution is -0.120. The Bertz CT molecular complexity index is 807. The van der Waals surface area contributed by atoms with Crippen LogP contribution in [0.1, 0.15) is 22.9 Å². The van der Waals surface area contributed by atoms with Crippen molar-refractivity contribution < 1.29 is 4.79 Å². The first-order valence-electron chi connectivity index (χ1n) is 7.40. The molecule has 1 aliphatic rings. The van der Waals surface area contributed by atoms with Crippen molar-refractivity contribution in [3.05, 3.63) is 89.7 Å². The van der Waals surface area contributed by atoms with E-state index in [0.29, 0.717) is 6.54 Å². The van der Waals surface area contributed by atoms with Gasteiger partial charge in [0.05, 0.1) is 11.7 Å². The molecule has 0 fully saturated rings. The number of aromatic nitrogens is 1. The topological polar surface area (TPSA) is 25.2 Å². The standard InChI is InChI=1S/C19H16N2O/c22-14-20-13-16-9-4-5-10-17(16)21-12-6-11-18(21)19(20)15-7-2-1-3-8-15/h1-12,14,19H,13H2. The highest BCUT2D eigenvalue weighted by Gasteiger charge is 2.28. The monoisotopic (exact) mass is 288 g/mol. The van der Waals surface area contributed by atoms with Gasteiger partial charge < -0.3 is 9.47 Å². The highest BCUT2D eigenvalue weighted by molar-refractivity contribution is 5.55. The summed E-state index contributed by atoms with van der Waals surface area (Å²) in [6.45, 7) is 0.612. The van der Waals surface area contributed by atoms with E-state index >= 15 is 0 Å². The number of carbonyl (C=O) groups excluding carboxylic acids is 1. The van der Waals surface area contributed by atoms with Crippen LogP contribution in [0.15, 0.2) is 72.9 Å². The van der Waals surface area contributed by atoms with Crippen molar-refractivity contribution in [2.45, 2.75) is 12.6 Å². The summed E-state index contributed by atoms with van der Waals surface area (Å²) in [5.74, 6) is 0. The quantitative estimate of drug-likeness (QED) is 0.662. The van der Waals surface area contributed by atoms with Crippen LogP contribution in [-0.2, 0) is 11.3 Å². The summed E-state index contributed by atoms with van der Waals surface area (Å²) >= 11 is 0. The number of para-hydroxylation sites is 1. The highest BCUT2D eigenvalue weighted by atomic mass is 16.1. The molecule has 2 aromatic carbocycles. The van der Waals surface area contributed by atoms with Crippen molar-refractivity contribution in [3.8, 4) is 5.69 Å². The van der Waals surface area contributed by atoms with Crippen molar-refractivity contribution in [2.24, 2.45) is 0 Å².